The lowest BCUT2D eigenvalue weighted by atomic mass is 9.92. The van der Waals surface area contributed by atoms with Crippen LogP contribution >= 0.6 is 11.3 Å². The molecule has 1 aromatic heterocycles. The van der Waals surface area contributed by atoms with Crippen molar-refractivity contribution in [2.45, 2.75) is 31.7 Å². The van der Waals surface area contributed by atoms with E-state index in [0.29, 0.717) is 6.04 Å². The smallest absolute Gasteiger partial charge is 0.0449 e. The first kappa shape index (κ1) is 12.6. The Bertz CT molecular complexity index is 630. The van der Waals surface area contributed by atoms with E-state index in [0.717, 1.165) is 17.8 Å². The molecule has 0 aliphatic heterocycles. The highest BCUT2D eigenvalue weighted by atomic mass is 32.1. The van der Waals surface area contributed by atoms with Gasteiger partial charge in [-0.05, 0) is 67.8 Å². The molecule has 4 rings (SSSR count). The number of thiophene rings is 1. The molecule has 2 aromatic rings. The van der Waals surface area contributed by atoms with Crippen LogP contribution in [0.2, 0.25) is 0 Å². The maximum Gasteiger partial charge on any atom is 0.0449 e. The van der Waals surface area contributed by atoms with Gasteiger partial charge in [-0.2, -0.15) is 0 Å². The Balaban J connectivity index is 1.65. The van der Waals surface area contributed by atoms with Crippen LogP contribution in [0, 0.1) is 18.8 Å². The zero-order valence-corrected chi connectivity index (χ0v) is 12.9. The van der Waals surface area contributed by atoms with E-state index in [-0.39, 0.29) is 0 Å². The highest BCUT2D eigenvalue weighted by Crippen LogP contribution is 2.64. The molecule has 20 heavy (non-hydrogen) atoms. The first-order chi connectivity index (χ1) is 9.79. The van der Waals surface area contributed by atoms with Crippen molar-refractivity contribution in [3.63, 3.8) is 0 Å². The van der Waals surface area contributed by atoms with E-state index in [4.69, 9.17) is 0 Å². The summed E-state index contributed by atoms with van der Waals surface area (Å²) in [5.74, 6) is 2.48. The van der Waals surface area contributed by atoms with Gasteiger partial charge >= 0.3 is 0 Å². The van der Waals surface area contributed by atoms with E-state index >= 15 is 0 Å². The normalized spacial score (nSPS) is 28.6. The zero-order chi connectivity index (χ0) is 13.7. The number of hydrogen-bond acceptors (Lipinski definition) is 2. The molecule has 1 nitrogen and oxygen atoms in total. The Morgan fingerprint density at radius 3 is 2.80 bits per heavy atom. The molecule has 1 saturated carbocycles. The maximum absolute atomic E-state index is 3.59. The molecule has 1 fully saturated rings. The summed E-state index contributed by atoms with van der Waals surface area (Å²) in [6, 6.07) is 14.2. The molecule has 2 aliphatic rings. The maximum atomic E-state index is 3.59. The minimum atomic E-state index is 0.537. The largest absolute Gasteiger partial charge is 0.312 e. The van der Waals surface area contributed by atoms with Crippen molar-refractivity contribution in [1.29, 1.82) is 0 Å². The van der Waals surface area contributed by atoms with Crippen LogP contribution in [-0.4, -0.2) is 7.05 Å². The van der Waals surface area contributed by atoms with Gasteiger partial charge in [0.1, 0.15) is 0 Å². The van der Waals surface area contributed by atoms with Gasteiger partial charge in [0.2, 0.25) is 0 Å². The number of aryl methyl sites for hydroxylation is 2. The van der Waals surface area contributed by atoms with E-state index < -0.39 is 0 Å². The van der Waals surface area contributed by atoms with Crippen molar-refractivity contribution in [3.8, 4) is 0 Å². The zero-order valence-electron chi connectivity index (χ0n) is 12.1. The molecule has 0 radical (unpaired) electrons. The standard InChI is InChI=1S/C18H21NS/c1-11-7-10-15(20-11)18(19-2)17-14-9-8-12-5-3-4-6-13(12)16(14)17/h3-7,10,14,16-19H,8-9H2,1-2H3. The molecule has 1 heterocycles. The fourth-order valence-electron chi connectivity index (χ4n) is 4.22. The predicted octanol–water partition coefficient (Wildman–Crippen LogP) is 4.29. The summed E-state index contributed by atoms with van der Waals surface area (Å²) >= 11 is 1.95. The highest BCUT2D eigenvalue weighted by Gasteiger charge is 2.56. The number of hydrogen-bond donors (Lipinski definition) is 1. The van der Waals surface area contributed by atoms with Gasteiger partial charge in [0.05, 0.1) is 0 Å². The van der Waals surface area contributed by atoms with E-state index in [1.165, 1.54) is 22.6 Å². The molecule has 0 spiro atoms. The summed E-state index contributed by atoms with van der Waals surface area (Å²) < 4.78 is 0. The molecule has 2 aliphatic carbocycles. The van der Waals surface area contributed by atoms with Gasteiger partial charge in [-0.25, -0.2) is 0 Å². The lowest BCUT2D eigenvalue weighted by Crippen LogP contribution is -2.18. The minimum Gasteiger partial charge on any atom is -0.312 e. The molecule has 0 bridgehead atoms. The van der Waals surface area contributed by atoms with Crippen LogP contribution in [0.3, 0.4) is 0 Å². The molecular weight excluding hydrogens is 262 g/mol. The average molecular weight is 283 g/mol. The lowest BCUT2D eigenvalue weighted by molar-refractivity contribution is 0.491. The van der Waals surface area contributed by atoms with Gasteiger partial charge in [-0.3, -0.25) is 0 Å². The van der Waals surface area contributed by atoms with Crippen LogP contribution in [0.5, 0.6) is 0 Å². The topological polar surface area (TPSA) is 12.0 Å². The van der Waals surface area contributed by atoms with E-state index in [1.807, 2.05) is 11.3 Å². The highest BCUT2D eigenvalue weighted by molar-refractivity contribution is 7.12. The van der Waals surface area contributed by atoms with Gasteiger partial charge in [-0.15, -0.1) is 11.3 Å². The number of nitrogens with one attached hydrogen (secondary N) is 1. The summed E-state index contributed by atoms with van der Waals surface area (Å²) in [4.78, 5) is 2.94. The SMILES string of the molecule is CNC(c1ccc(C)s1)C1C2CCc3ccccc3C21. The van der Waals surface area contributed by atoms with Crippen molar-refractivity contribution >= 4 is 11.3 Å². The van der Waals surface area contributed by atoms with Gasteiger partial charge in [0.25, 0.3) is 0 Å². The van der Waals surface area contributed by atoms with Crippen LogP contribution in [0.15, 0.2) is 36.4 Å². The van der Waals surface area contributed by atoms with Crippen molar-refractivity contribution < 1.29 is 0 Å². The second-order valence-corrected chi connectivity index (χ2v) is 7.54. The number of benzene rings is 1. The summed E-state index contributed by atoms with van der Waals surface area (Å²) in [6.07, 6.45) is 2.64. The van der Waals surface area contributed by atoms with Crippen LogP contribution in [0.1, 0.15) is 39.3 Å². The third-order valence-corrected chi connectivity index (χ3v) is 6.24. The Hall–Kier alpha value is -1.12. The fraction of sp³-hybridized carbons (Fsp3) is 0.444. The summed E-state index contributed by atoms with van der Waals surface area (Å²) in [5.41, 5.74) is 3.22. The molecule has 1 aromatic carbocycles. The van der Waals surface area contributed by atoms with Crippen molar-refractivity contribution in [2.24, 2.45) is 11.8 Å². The van der Waals surface area contributed by atoms with Crippen molar-refractivity contribution in [2.75, 3.05) is 7.05 Å². The first-order valence-electron chi connectivity index (χ1n) is 7.61. The summed E-state index contributed by atoms with van der Waals surface area (Å²) in [5, 5.41) is 3.59. The third-order valence-electron chi connectivity index (χ3n) is 5.15. The van der Waals surface area contributed by atoms with Crippen LogP contribution in [0.4, 0.5) is 0 Å². The quantitative estimate of drug-likeness (QED) is 0.886. The molecule has 4 unspecified atom stereocenters. The van der Waals surface area contributed by atoms with Gasteiger partial charge < -0.3 is 5.32 Å². The summed E-state index contributed by atoms with van der Waals surface area (Å²) in [7, 11) is 2.12. The Morgan fingerprint density at radius 1 is 1.20 bits per heavy atom. The van der Waals surface area contributed by atoms with Gasteiger partial charge in [0.15, 0.2) is 0 Å². The average Bonchev–Trinajstić information content (AvgIpc) is 3.05. The van der Waals surface area contributed by atoms with Gasteiger partial charge in [0, 0.05) is 15.8 Å². The van der Waals surface area contributed by atoms with Crippen LogP contribution in [0.25, 0.3) is 0 Å². The molecule has 4 atom stereocenters. The molecular formula is C18H21NS. The Labute approximate surface area is 125 Å². The molecule has 104 valence electrons. The molecule has 1 N–H and O–H groups in total. The van der Waals surface area contributed by atoms with Gasteiger partial charge in [-0.1, -0.05) is 24.3 Å². The minimum absolute atomic E-state index is 0.537. The fourth-order valence-corrected chi connectivity index (χ4v) is 5.27. The van der Waals surface area contributed by atoms with Crippen LogP contribution < -0.4 is 5.32 Å². The second kappa shape index (κ2) is 4.71. The van der Waals surface area contributed by atoms with Crippen molar-refractivity contribution in [3.05, 3.63) is 57.3 Å². The number of rotatable bonds is 3. The molecule has 2 heteroatoms. The van der Waals surface area contributed by atoms with E-state index in [9.17, 15) is 0 Å². The van der Waals surface area contributed by atoms with E-state index in [2.05, 4.69) is 55.7 Å². The Kier molecular flexibility index (Phi) is 2.97. The molecule has 0 saturated heterocycles. The van der Waals surface area contributed by atoms with E-state index in [1.54, 1.807) is 11.1 Å². The third kappa shape index (κ3) is 1.86. The van der Waals surface area contributed by atoms with Crippen LogP contribution in [-0.2, 0) is 6.42 Å². The number of fused-ring (bicyclic) bond motifs is 3. The lowest BCUT2D eigenvalue weighted by Gasteiger charge is -2.15. The Morgan fingerprint density at radius 2 is 2.05 bits per heavy atom. The van der Waals surface area contributed by atoms with Crippen molar-refractivity contribution in [1.82, 2.24) is 5.32 Å². The summed E-state index contributed by atoms with van der Waals surface area (Å²) in [6.45, 7) is 2.20. The first-order valence-corrected chi connectivity index (χ1v) is 8.42. The predicted molar refractivity (Wildman–Crippen MR) is 85.3 cm³/mol. The second-order valence-electron chi connectivity index (χ2n) is 6.22. The monoisotopic (exact) mass is 283 g/mol. The molecule has 0 amide bonds.